The summed E-state index contributed by atoms with van der Waals surface area (Å²) in [4.78, 5) is 1.33. The van der Waals surface area contributed by atoms with E-state index in [4.69, 9.17) is 4.74 Å². The highest BCUT2D eigenvalue weighted by molar-refractivity contribution is 5.35. The largest absolute Gasteiger partial charge is 0.487 e. The molecule has 0 fully saturated rings. The van der Waals surface area contributed by atoms with E-state index in [0.717, 1.165) is 36.3 Å². The molecule has 0 atom stereocenters. The van der Waals surface area contributed by atoms with Crippen LogP contribution in [0.2, 0.25) is 0 Å². The molecule has 0 N–H and O–H groups in total. The summed E-state index contributed by atoms with van der Waals surface area (Å²) in [5.74, 6) is 0.808. The van der Waals surface area contributed by atoms with Crippen LogP contribution in [0.5, 0.6) is 5.75 Å². The predicted molar refractivity (Wildman–Crippen MR) is 95.9 cm³/mol. The average Bonchev–Trinajstić information content (AvgIpc) is 3.01. The molecule has 1 heterocycles. The van der Waals surface area contributed by atoms with E-state index in [1.807, 2.05) is 24.3 Å². The number of benzene rings is 2. The molecule has 3 rings (SSSR count). The summed E-state index contributed by atoms with van der Waals surface area (Å²) in [6.07, 6.45) is -2.42. The first-order valence-corrected chi connectivity index (χ1v) is 8.69. The second kappa shape index (κ2) is 7.82. The van der Waals surface area contributed by atoms with Crippen LogP contribution >= 0.6 is 0 Å². The molecule has 1 aromatic heterocycles. The van der Waals surface area contributed by atoms with Gasteiger partial charge in [0.1, 0.15) is 18.1 Å². The van der Waals surface area contributed by atoms with Crippen molar-refractivity contribution in [1.29, 1.82) is 0 Å². The molecule has 0 saturated heterocycles. The van der Waals surface area contributed by atoms with E-state index < -0.39 is 11.7 Å². The topological polar surface area (TPSA) is 39.9 Å². The Morgan fingerprint density at radius 2 is 1.70 bits per heavy atom. The number of hydrogen-bond acceptors (Lipinski definition) is 3. The van der Waals surface area contributed by atoms with Crippen LogP contribution in [0.3, 0.4) is 0 Å². The highest BCUT2D eigenvalue weighted by atomic mass is 19.4. The Balaban J connectivity index is 1.75. The molecule has 0 unspecified atom stereocenters. The first kappa shape index (κ1) is 18.9. The summed E-state index contributed by atoms with van der Waals surface area (Å²) < 4.78 is 44.0. The maximum Gasteiger partial charge on any atom is 0.416 e. The minimum atomic E-state index is -4.36. The molecule has 0 aliphatic carbocycles. The first-order chi connectivity index (χ1) is 12.9. The number of nitrogens with zero attached hydrogens (tertiary/aromatic N) is 3. The van der Waals surface area contributed by atoms with Gasteiger partial charge in [-0.15, -0.1) is 5.10 Å². The lowest BCUT2D eigenvalue weighted by Crippen LogP contribution is -2.06. The molecule has 7 heteroatoms. The minimum Gasteiger partial charge on any atom is -0.487 e. The van der Waals surface area contributed by atoms with E-state index in [1.54, 1.807) is 6.92 Å². The zero-order valence-corrected chi connectivity index (χ0v) is 15.1. The zero-order chi connectivity index (χ0) is 19.4. The molecule has 142 valence electrons. The van der Waals surface area contributed by atoms with Gasteiger partial charge in [0.15, 0.2) is 0 Å². The van der Waals surface area contributed by atoms with Crippen molar-refractivity contribution in [2.24, 2.45) is 0 Å². The van der Waals surface area contributed by atoms with Gasteiger partial charge in [-0.25, -0.2) is 0 Å². The van der Waals surface area contributed by atoms with Crippen LogP contribution in [0.15, 0.2) is 48.5 Å². The number of ether oxygens (including phenoxy) is 1. The second-order valence-electron chi connectivity index (χ2n) is 6.21. The molecule has 0 aliphatic rings. The van der Waals surface area contributed by atoms with E-state index >= 15 is 0 Å². The fourth-order valence-corrected chi connectivity index (χ4v) is 2.71. The molecule has 0 spiro atoms. The first-order valence-electron chi connectivity index (χ1n) is 8.69. The Hall–Kier alpha value is -2.83. The molecule has 2 aromatic carbocycles. The summed E-state index contributed by atoms with van der Waals surface area (Å²) in [5.41, 5.74) is 2.20. The third-order valence-electron chi connectivity index (χ3n) is 4.16. The SMILES string of the molecule is CCCc1ccccc1OCc1nn(-c2ccc(C(F)(F)F)cc2)nc1C. The van der Waals surface area contributed by atoms with Gasteiger partial charge >= 0.3 is 6.18 Å². The van der Waals surface area contributed by atoms with Gasteiger partial charge in [-0.1, -0.05) is 31.5 Å². The molecular weight excluding hydrogens is 355 g/mol. The smallest absolute Gasteiger partial charge is 0.416 e. The molecule has 0 saturated carbocycles. The third kappa shape index (κ3) is 4.48. The summed E-state index contributed by atoms with van der Waals surface area (Å²) in [5, 5.41) is 8.65. The van der Waals surface area contributed by atoms with E-state index in [2.05, 4.69) is 17.1 Å². The Morgan fingerprint density at radius 1 is 1.00 bits per heavy atom. The van der Waals surface area contributed by atoms with Gasteiger partial charge in [-0.3, -0.25) is 0 Å². The van der Waals surface area contributed by atoms with Crippen molar-refractivity contribution in [1.82, 2.24) is 15.0 Å². The van der Waals surface area contributed by atoms with E-state index in [9.17, 15) is 13.2 Å². The van der Waals surface area contributed by atoms with Crippen LogP contribution in [0.4, 0.5) is 13.2 Å². The molecule has 4 nitrogen and oxygen atoms in total. The summed E-state index contributed by atoms with van der Waals surface area (Å²) in [6.45, 7) is 4.15. The number of aromatic nitrogens is 3. The zero-order valence-electron chi connectivity index (χ0n) is 15.1. The van der Waals surface area contributed by atoms with Crippen molar-refractivity contribution in [3.8, 4) is 11.4 Å². The Kier molecular flexibility index (Phi) is 5.48. The number of hydrogen-bond donors (Lipinski definition) is 0. The standard InChI is InChI=1S/C20H20F3N3O/c1-3-6-15-7-4-5-8-19(15)27-13-18-14(2)24-26(25-18)17-11-9-16(10-12-17)20(21,22)23/h4-5,7-12H,3,6,13H2,1-2H3. The van der Waals surface area contributed by atoms with Crippen molar-refractivity contribution in [2.75, 3.05) is 0 Å². The van der Waals surface area contributed by atoms with Crippen molar-refractivity contribution in [3.63, 3.8) is 0 Å². The number of para-hydroxylation sites is 1. The van der Waals surface area contributed by atoms with Crippen molar-refractivity contribution >= 4 is 0 Å². The normalized spacial score (nSPS) is 11.6. The van der Waals surface area contributed by atoms with E-state index in [-0.39, 0.29) is 6.61 Å². The highest BCUT2D eigenvalue weighted by Crippen LogP contribution is 2.29. The highest BCUT2D eigenvalue weighted by Gasteiger charge is 2.30. The van der Waals surface area contributed by atoms with Gasteiger partial charge in [-0.05, 0) is 49.2 Å². The number of halogens is 3. The van der Waals surface area contributed by atoms with Crippen molar-refractivity contribution < 1.29 is 17.9 Å². The van der Waals surface area contributed by atoms with Gasteiger partial charge < -0.3 is 4.74 Å². The maximum atomic E-state index is 12.7. The summed E-state index contributed by atoms with van der Waals surface area (Å²) in [7, 11) is 0. The fourth-order valence-electron chi connectivity index (χ4n) is 2.71. The quantitative estimate of drug-likeness (QED) is 0.600. The van der Waals surface area contributed by atoms with Crippen molar-refractivity contribution in [2.45, 2.75) is 39.5 Å². The lowest BCUT2D eigenvalue weighted by atomic mass is 10.1. The molecule has 3 aromatic rings. The number of aryl methyl sites for hydroxylation is 2. The monoisotopic (exact) mass is 375 g/mol. The molecule has 0 radical (unpaired) electrons. The number of alkyl halides is 3. The van der Waals surface area contributed by atoms with Crippen LogP contribution in [-0.4, -0.2) is 15.0 Å². The Morgan fingerprint density at radius 3 is 2.37 bits per heavy atom. The molecule has 27 heavy (non-hydrogen) atoms. The van der Waals surface area contributed by atoms with Crippen LogP contribution < -0.4 is 4.74 Å². The predicted octanol–water partition coefficient (Wildman–Crippen LogP) is 5.13. The fraction of sp³-hybridized carbons (Fsp3) is 0.300. The Bertz CT molecular complexity index is 902. The second-order valence-corrected chi connectivity index (χ2v) is 6.21. The van der Waals surface area contributed by atoms with Gasteiger partial charge in [0.25, 0.3) is 0 Å². The maximum absolute atomic E-state index is 12.7. The lowest BCUT2D eigenvalue weighted by Gasteiger charge is -2.09. The van der Waals surface area contributed by atoms with Crippen LogP contribution in [-0.2, 0) is 19.2 Å². The summed E-state index contributed by atoms with van der Waals surface area (Å²) >= 11 is 0. The third-order valence-corrected chi connectivity index (χ3v) is 4.16. The van der Waals surface area contributed by atoms with E-state index in [1.165, 1.54) is 16.9 Å². The van der Waals surface area contributed by atoms with Gasteiger partial charge in [0, 0.05) is 0 Å². The summed E-state index contributed by atoms with van der Waals surface area (Å²) in [6, 6.07) is 12.6. The lowest BCUT2D eigenvalue weighted by molar-refractivity contribution is -0.137. The van der Waals surface area contributed by atoms with E-state index in [0.29, 0.717) is 17.1 Å². The number of rotatable bonds is 6. The molecular formula is C20H20F3N3O. The minimum absolute atomic E-state index is 0.243. The van der Waals surface area contributed by atoms with Crippen LogP contribution in [0.25, 0.3) is 5.69 Å². The van der Waals surface area contributed by atoms with Crippen molar-refractivity contribution in [3.05, 3.63) is 71.0 Å². The Labute approximate surface area is 155 Å². The molecule has 0 amide bonds. The van der Waals surface area contributed by atoms with Crippen LogP contribution in [0.1, 0.15) is 35.9 Å². The average molecular weight is 375 g/mol. The van der Waals surface area contributed by atoms with Crippen LogP contribution in [0, 0.1) is 6.92 Å². The van der Waals surface area contributed by atoms with Gasteiger partial charge in [-0.2, -0.15) is 23.1 Å². The molecule has 0 bridgehead atoms. The van der Waals surface area contributed by atoms with Gasteiger partial charge in [0.2, 0.25) is 0 Å². The van der Waals surface area contributed by atoms with Gasteiger partial charge in [0.05, 0.1) is 16.9 Å². The molecule has 0 aliphatic heterocycles.